The first-order valence-corrected chi connectivity index (χ1v) is 13.2. The molecule has 3 aromatic rings. The smallest absolute Gasteiger partial charge is 0.260 e. The highest BCUT2D eigenvalue weighted by Crippen LogP contribution is 2.30. The van der Waals surface area contributed by atoms with Crippen molar-refractivity contribution in [2.45, 2.75) is 44.0 Å². The van der Waals surface area contributed by atoms with Gasteiger partial charge in [0.25, 0.3) is 5.56 Å². The minimum Gasteiger partial charge on any atom is -0.373 e. The highest BCUT2D eigenvalue weighted by atomic mass is 32.2. The molecule has 1 aliphatic heterocycles. The van der Waals surface area contributed by atoms with E-state index in [0.717, 1.165) is 35.6 Å². The number of carbonyl (C=O) groups is 1. The monoisotopic (exact) mass is 486 g/mol. The quantitative estimate of drug-likeness (QED) is 0.507. The first-order chi connectivity index (χ1) is 15.9. The van der Waals surface area contributed by atoms with Crippen LogP contribution >= 0.6 is 23.1 Å². The number of aromatic amines is 1. The normalized spacial score (nSPS) is 20.1. The number of fused-ring (bicyclic) bond motifs is 1. The summed E-state index contributed by atoms with van der Waals surface area (Å²) < 4.78 is 5.75. The van der Waals surface area contributed by atoms with Crippen molar-refractivity contribution in [3.05, 3.63) is 51.9 Å². The molecule has 7 nitrogen and oxygen atoms in total. The fraction of sp³-hybridized carbons (Fsp3) is 0.458. The van der Waals surface area contributed by atoms with Gasteiger partial charge in [0.1, 0.15) is 10.7 Å². The minimum atomic E-state index is -0.239. The molecule has 1 aliphatic rings. The van der Waals surface area contributed by atoms with E-state index in [1.807, 2.05) is 42.6 Å². The number of thiophene rings is 1. The van der Waals surface area contributed by atoms with E-state index in [2.05, 4.69) is 34.0 Å². The van der Waals surface area contributed by atoms with Crippen LogP contribution in [0.4, 0.5) is 0 Å². The van der Waals surface area contributed by atoms with Gasteiger partial charge in [-0.2, -0.15) is 0 Å². The van der Waals surface area contributed by atoms with Gasteiger partial charge >= 0.3 is 0 Å². The fourth-order valence-corrected chi connectivity index (χ4v) is 5.87. The van der Waals surface area contributed by atoms with Gasteiger partial charge in [-0.15, -0.1) is 23.1 Å². The van der Waals surface area contributed by atoms with Crippen LogP contribution in [0.1, 0.15) is 26.6 Å². The molecule has 0 radical (unpaired) electrons. The molecule has 1 amide bonds. The first kappa shape index (κ1) is 23.9. The Hall–Kier alpha value is -2.20. The second kappa shape index (κ2) is 10.8. The Bertz CT molecular complexity index is 1140. The largest absolute Gasteiger partial charge is 0.373 e. The summed E-state index contributed by atoms with van der Waals surface area (Å²) in [6.07, 6.45) is 0.441. The predicted molar refractivity (Wildman–Crippen MR) is 136 cm³/mol. The number of rotatable bonds is 8. The second-order valence-electron chi connectivity index (χ2n) is 8.47. The van der Waals surface area contributed by atoms with Gasteiger partial charge in [-0.05, 0) is 26.3 Å². The number of benzene rings is 1. The molecule has 33 heavy (non-hydrogen) atoms. The second-order valence-corrected chi connectivity index (χ2v) is 10.7. The Morgan fingerprint density at radius 3 is 2.76 bits per heavy atom. The number of nitrogens with zero attached hydrogens (tertiary/aromatic N) is 2. The highest BCUT2D eigenvalue weighted by Gasteiger charge is 2.22. The van der Waals surface area contributed by atoms with Crippen LogP contribution in [0.3, 0.4) is 0 Å². The molecule has 3 heterocycles. The van der Waals surface area contributed by atoms with Gasteiger partial charge in [-0.25, -0.2) is 4.98 Å². The lowest BCUT2D eigenvalue weighted by Gasteiger charge is -2.35. The van der Waals surface area contributed by atoms with Crippen LogP contribution in [0.15, 0.2) is 40.5 Å². The minimum absolute atomic E-state index is 0.000249. The van der Waals surface area contributed by atoms with E-state index in [0.29, 0.717) is 23.5 Å². The summed E-state index contributed by atoms with van der Waals surface area (Å²) in [5.41, 5.74) is 1.77. The molecule has 9 heteroatoms. The van der Waals surface area contributed by atoms with Gasteiger partial charge in [-0.3, -0.25) is 14.5 Å². The number of hydrogen-bond donors (Lipinski definition) is 2. The number of thioether (sulfide) groups is 1. The van der Waals surface area contributed by atoms with E-state index in [-0.39, 0.29) is 28.9 Å². The van der Waals surface area contributed by atoms with Gasteiger partial charge in [0, 0.05) is 37.1 Å². The maximum atomic E-state index is 12.8. The van der Waals surface area contributed by atoms with Crippen LogP contribution in [0.2, 0.25) is 0 Å². The number of morpholine rings is 1. The summed E-state index contributed by atoms with van der Waals surface area (Å²) in [5, 5.41) is 5.39. The maximum Gasteiger partial charge on any atom is 0.260 e. The molecule has 1 saturated heterocycles. The molecule has 2 aromatic heterocycles. The zero-order chi connectivity index (χ0) is 23.4. The molecule has 0 spiro atoms. The van der Waals surface area contributed by atoms with Gasteiger partial charge < -0.3 is 15.0 Å². The summed E-state index contributed by atoms with van der Waals surface area (Å²) in [6, 6.07) is 9.85. The predicted octanol–water partition coefficient (Wildman–Crippen LogP) is 3.50. The summed E-state index contributed by atoms with van der Waals surface area (Å²) in [4.78, 5) is 35.9. The maximum absolute atomic E-state index is 12.8. The lowest BCUT2D eigenvalue weighted by molar-refractivity contribution is -0.120. The number of aromatic nitrogens is 2. The van der Waals surface area contributed by atoms with Crippen LogP contribution in [0, 0.1) is 0 Å². The van der Waals surface area contributed by atoms with Crippen molar-refractivity contribution in [3.63, 3.8) is 0 Å². The SMILES string of the molecule is C[C@@H]1CN(CCNC(=O)[C@H](C)SCc2nc3scc(-c4ccccc4)c3c(=O)[nH]2)C[C@H](C)O1. The average molecular weight is 487 g/mol. The van der Waals surface area contributed by atoms with E-state index in [1.54, 1.807) is 0 Å². The molecule has 3 atom stereocenters. The Balaban J connectivity index is 1.30. The molecule has 2 N–H and O–H groups in total. The highest BCUT2D eigenvalue weighted by molar-refractivity contribution is 7.99. The zero-order valence-electron chi connectivity index (χ0n) is 19.2. The van der Waals surface area contributed by atoms with Crippen molar-refractivity contribution in [2.75, 3.05) is 26.2 Å². The Morgan fingerprint density at radius 2 is 2.03 bits per heavy atom. The Kier molecular flexibility index (Phi) is 7.85. The van der Waals surface area contributed by atoms with Gasteiger partial charge in [0.05, 0.1) is 28.6 Å². The third-order valence-electron chi connectivity index (χ3n) is 5.64. The first-order valence-electron chi connectivity index (χ1n) is 11.2. The summed E-state index contributed by atoms with van der Waals surface area (Å²) in [6.45, 7) is 9.24. The third-order valence-corrected chi connectivity index (χ3v) is 7.67. The van der Waals surface area contributed by atoms with Crippen molar-refractivity contribution < 1.29 is 9.53 Å². The standard InChI is InChI=1S/C24H30N4O3S2/c1-15-11-28(12-16(2)31-15)10-9-25-22(29)17(3)32-14-20-26-23(30)21-19(13-33-24(21)27-20)18-7-5-4-6-8-18/h4-8,13,15-17H,9-12,14H2,1-3H3,(H,25,29)(H,26,27,30)/t15-,16+,17-/m0/s1. The molecule has 0 bridgehead atoms. The molecule has 0 unspecified atom stereocenters. The fourth-order valence-electron chi connectivity index (χ4n) is 4.12. The average Bonchev–Trinajstić information content (AvgIpc) is 3.22. The van der Waals surface area contributed by atoms with Crippen LogP contribution < -0.4 is 10.9 Å². The van der Waals surface area contributed by atoms with Crippen molar-refractivity contribution in [1.82, 2.24) is 20.2 Å². The van der Waals surface area contributed by atoms with Crippen LogP contribution in [-0.4, -0.2) is 64.4 Å². The van der Waals surface area contributed by atoms with Gasteiger partial charge in [0.15, 0.2) is 0 Å². The van der Waals surface area contributed by atoms with E-state index in [1.165, 1.54) is 23.1 Å². The van der Waals surface area contributed by atoms with Gasteiger partial charge in [0.2, 0.25) is 5.91 Å². The molecular formula is C24H30N4O3S2. The molecule has 1 fully saturated rings. The lowest BCUT2D eigenvalue weighted by Crippen LogP contribution is -2.48. The van der Waals surface area contributed by atoms with Crippen molar-refractivity contribution >= 4 is 39.2 Å². The van der Waals surface area contributed by atoms with E-state index < -0.39 is 0 Å². The topological polar surface area (TPSA) is 87.3 Å². The van der Waals surface area contributed by atoms with Crippen molar-refractivity contribution in [1.29, 1.82) is 0 Å². The van der Waals surface area contributed by atoms with E-state index >= 15 is 0 Å². The number of hydrogen-bond acceptors (Lipinski definition) is 7. The van der Waals surface area contributed by atoms with E-state index in [4.69, 9.17) is 4.74 Å². The van der Waals surface area contributed by atoms with Crippen molar-refractivity contribution in [2.24, 2.45) is 0 Å². The number of amides is 1. The molecule has 0 aliphatic carbocycles. The molecule has 4 rings (SSSR count). The van der Waals surface area contributed by atoms with Crippen LogP contribution in [0.5, 0.6) is 0 Å². The van der Waals surface area contributed by atoms with Gasteiger partial charge in [-0.1, -0.05) is 30.3 Å². The Morgan fingerprint density at radius 1 is 1.30 bits per heavy atom. The summed E-state index contributed by atoms with van der Waals surface area (Å²) >= 11 is 2.94. The lowest BCUT2D eigenvalue weighted by atomic mass is 10.1. The number of ether oxygens (including phenoxy) is 1. The summed E-state index contributed by atoms with van der Waals surface area (Å²) in [7, 11) is 0. The number of H-pyrrole nitrogens is 1. The number of nitrogens with one attached hydrogen (secondary N) is 2. The van der Waals surface area contributed by atoms with E-state index in [9.17, 15) is 9.59 Å². The van der Waals surface area contributed by atoms with Crippen LogP contribution in [0.25, 0.3) is 21.3 Å². The molecule has 176 valence electrons. The zero-order valence-corrected chi connectivity index (χ0v) is 20.8. The molecular weight excluding hydrogens is 456 g/mol. The molecule has 1 aromatic carbocycles. The van der Waals surface area contributed by atoms with Crippen molar-refractivity contribution in [3.8, 4) is 11.1 Å². The number of carbonyl (C=O) groups excluding carboxylic acids is 1. The van der Waals surface area contributed by atoms with Crippen LogP contribution in [-0.2, 0) is 15.3 Å². The Labute approximate surface area is 201 Å². The summed E-state index contributed by atoms with van der Waals surface area (Å²) in [5.74, 6) is 1.06. The third kappa shape index (κ3) is 6.03. The molecule has 0 saturated carbocycles.